The van der Waals surface area contributed by atoms with Gasteiger partial charge in [-0.1, -0.05) is 17.7 Å². The summed E-state index contributed by atoms with van der Waals surface area (Å²) in [4.78, 5) is 15.4. The second-order valence-electron chi connectivity index (χ2n) is 6.41. The number of fused-ring (bicyclic) bond motifs is 1. The minimum absolute atomic E-state index is 0.250. The van der Waals surface area contributed by atoms with Crippen LogP contribution >= 0.6 is 11.6 Å². The van der Waals surface area contributed by atoms with E-state index in [1.165, 1.54) is 11.7 Å². The molecule has 0 unspecified atom stereocenters. The Morgan fingerprint density at radius 2 is 1.93 bits per heavy atom. The van der Waals surface area contributed by atoms with Gasteiger partial charge >= 0.3 is 5.69 Å². The Bertz CT molecular complexity index is 1170. The molecule has 28 heavy (non-hydrogen) atoms. The number of H-pyrrole nitrogens is 1. The van der Waals surface area contributed by atoms with Crippen LogP contribution in [0.2, 0.25) is 5.02 Å². The largest absolute Gasteiger partial charge is 0.493 e. The van der Waals surface area contributed by atoms with Crippen molar-refractivity contribution in [2.45, 2.75) is 13.0 Å². The number of sulfone groups is 1. The number of aromatic nitrogens is 2. The summed E-state index contributed by atoms with van der Waals surface area (Å²) in [6, 6.07) is 9.38. The molecule has 0 bridgehead atoms. The second kappa shape index (κ2) is 7.89. The van der Waals surface area contributed by atoms with E-state index in [1.54, 1.807) is 36.4 Å². The summed E-state index contributed by atoms with van der Waals surface area (Å²) in [7, 11) is -1.88. The number of methoxy groups -OCH3 is 1. The van der Waals surface area contributed by atoms with Crippen molar-refractivity contribution in [3.8, 4) is 11.5 Å². The van der Waals surface area contributed by atoms with E-state index in [0.29, 0.717) is 39.7 Å². The van der Waals surface area contributed by atoms with Crippen molar-refractivity contribution < 1.29 is 17.9 Å². The van der Waals surface area contributed by atoms with E-state index < -0.39 is 21.6 Å². The molecule has 0 saturated carbocycles. The van der Waals surface area contributed by atoms with Gasteiger partial charge in [0.1, 0.15) is 9.84 Å². The van der Waals surface area contributed by atoms with Gasteiger partial charge in [0, 0.05) is 11.3 Å². The summed E-state index contributed by atoms with van der Waals surface area (Å²) >= 11 is 6.01. The van der Waals surface area contributed by atoms with Gasteiger partial charge in [0.25, 0.3) is 0 Å². The van der Waals surface area contributed by atoms with Crippen molar-refractivity contribution in [2.24, 2.45) is 0 Å². The molecule has 7 nitrogen and oxygen atoms in total. The third kappa shape index (κ3) is 4.18. The van der Waals surface area contributed by atoms with E-state index in [4.69, 9.17) is 21.1 Å². The zero-order valence-corrected chi connectivity index (χ0v) is 17.3. The highest BCUT2D eigenvalue weighted by Crippen LogP contribution is 2.33. The van der Waals surface area contributed by atoms with Gasteiger partial charge in [0.15, 0.2) is 11.5 Å². The summed E-state index contributed by atoms with van der Waals surface area (Å²) < 4.78 is 36.6. The van der Waals surface area contributed by atoms with Gasteiger partial charge in [-0.25, -0.2) is 13.2 Å². The van der Waals surface area contributed by atoms with Gasteiger partial charge in [-0.05, 0) is 42.8 Å². The molecule has 3 aromatic rings. The van der Waals surface area contributed by atoms with Crippen LogP contribution in [-0.2, 0) is 9.84 Å². The average molecular weight is 425 g/mol. The summed E-state index contributed by atoms with van der Waals surface area (Å²) in [5.41, 5.74) is 1.30. The molecule has 0 aliphatic rings. The van der Waals surface area contributed by atoms with Crippen LogP contribution in [-0.4, -0.2) is 43.7 Å². The Hall–Kier alpha value is -2.45. The Morgan fingerprint density at radius 3 is 2.57 bits per heavy atom. The fraction of sp³-hybridized carbons (Fsp3) is 0.316. The lowest BCUT2D eigenvalue weighted by molar-refractivity contribution is 0.310. The van der Waals surface area contributed by atoms with E-state index in [2.05, 4.69) is 4.98 Å². The van der Waals surface area contributed by atoms with Crippen LogP contribution in [0.3, 0.4) is 0 Å². The van der Waals surface area contributed by atoms with Gasteiger partial charge in [0.05, 0.1) is 36.5 Å². The summed E-state index contributed by atoms with van der Waals surface area (Å²) in [5.74, 6) is 0.763. The summed E-state index contributed by atoms with van der Waals surface area (Å²) in [6.45, 7) is 2.26. The molecule has 0 fully saturated rings. The average Bonchev–Trinajstić information content (AvgIpc) is 2.94. The predicted molar refractivity (Wildman–Crippen MR) is 110 cm³/mol. The van der Waals surface area contributed by atoms with E-state index >= 15 is 0 Å². The van der Waals surface area contributed by atoms with Crippen molar-refractivity contribution in [1.29, 1.82) is 0 Å². The third-order valence-electron chi connectivity index (χ3n) is 4.32. The highest BCUT2D eigenvalue weighted by molar-refractivity contribution is 7.90. The van der Waals surface area contributed by atoms with Gasteiger partial charge in [0.2, 0.25) is 0 Å². The zero-order chi connectivity index (χ0) is 20.5. The maximum atomic E-state index is 12.7. The maximum absolute atomic E-state index is 12.7. The minimum Gasteiger partial charge on any atom is -0.493 e. The molecular weight excluding hydrogens is 404 g/mol. The number of hydrogen-bond acceptors (Lipinski definition) is 5. The molecule has 2 aromatic carbocycles. The van der Waals surface area contributed by atoms with E-state index in [0.717, 1.165) is 6.26 Å². The topological polar surface area (TPSA) is 90.4 Å². The number of rotatable bonds is 7. The molecule has 0 saturated heterocycles. The number of halogens is 1. The molecule has 1 N–H and O–H groups in total. The number of nitrogens with zero attached hydrogens (tertiary/aromatic N) is 1. The fourth-order valence-electron chi connectivity index (χ4n) is 3.19. The molecule has 150 valence electrons. The Kier molecular flexibility index (Phi) is 5.71. The molecule has 9 heteroatoms. The highest BCUT2D eigenvalue weighted by Gasteiger charge is 2.25. The second-order valence-corrected chi connectivity index (χ2v) is 9.03. The number of benzene rings is 2. The van der Waals surface area contributed by atoms with Gasteiger partial charge in [-0.3, -0.25) is 4.57 Å². The van der Waals surface area contributed by atoms with E-state index in [-0.39, 0.29) is 5.75 Å². The lowest BCUT2D eigenvalue weighted by Gasteiger charge is -2.20. The maximum Gasteiger partial charge on any atom is 0.327 e. The lowest BCUT2D eigenvalue weighted by atomic mass is 10.1. The normalized spacial score (nSPS) is 12.9. The van der Waals surface area contributed by atoms with Crippen LogP contribution in [0.25, 0.3) is 11.0 Å². The molecule has 0 aliphatic carbocycles. The third-order valence-corrected chi connectivity index (χ3v) is 5.48. The quantitative estimate of drug-likeness (QED) is 0.629. The molecule has 1 atom stereocenters. The van der Waals surface area contributed by atoms with Crippen molar-refractivity contribution in [3.63, 3.8) is 0 Å². The Balaban J connectivity index is 2.23. The monoisotopic (exact) mass is 424 g/mol. The van der Waals surface area contributed by atoms with Crippen LogP contribution in [0, 0.1) is 0 Å². The standard InChI is InChI=1S/C19H21ClN2O5S/c1-4-27-18-9-12(5-8-17(18)26-2)16(11-28(3,24)25)22-15-7-6-13(20)10-14(15)21-19(22)23/h5-10,16H,4,11H2,1-3H3,(H,21,23)/t16-/m1/s1. The molecule has 1 aromatic heterocycles. The van der Waals surface area contributed by atoms with Crippen molar-refractivity contribution in [3.05, 3.63) is 57.5 Å². The van der Waals surface area contributed by atoms with E-state index in [9.17, 15) is 13.2 Å². The first-order chi connectivity index (χ1) is 13.2. The fourth-order valence-corrected chi connectivity index (χ4v) is 4.28. The van der Waals surface area contributed by atoms with E-state index in [1.807, 2.05) is 6.92 Å². The van der Waals surface area contributed by atoms with Crippen LogP contribution < -0.4 is 15.2 Å². The van der Waals surface area contributed by atoms with Crippen molar-refractivity contribution in [1.82, 2.24) is 9.55 Å². The SMILES string of the molecule is CCOc1cc([C@@H](CS(C)(=O)=O)n2c(=O)[nH]c3cc(Cl)ccc32)ccc1OC. The molecule has 0 radical (unpaired) electrons. The van der Waals surface area contributed by atoms with Crippen LogP contribution in [0.1, 0.15) is 18.5 Å². The first kappa shape index (κ1) is 20.3. The van der Waals surface area contributed by atoms with Crippen molar-refractivity contribution >= 4 is 32.5 Å². The van der Waals surface area contributed by atoms with Gasteiger partial charge in [-0.15, -0.1) is 0 Å². The number of nitrogens with one attached hydrogen (secondary N) is 1. The molecule has 0 amide bonds. The number of aromatic amines is 1. The smallest absolute Gasteiger partial charge is 0.327 e. The first-order valence-electron chi connectivity index (χ1n) is 8.61. The van der Waals surface area contributed by atoms with Crippen LogP contribution in [0.15, 0.2) is 41.2 Å². The molecule has 0 spiro atoms. The first-order valence-corrected chi connectivity index (χ1v) is 11.1. The van der Waals surface area contributed by atoms with Crippen LogP contribution in [0.4, 0.5) is 0 Å². The number of hydrogen-bond donors (Lipinski definition) is 1. The molecular formula is C19H21ClN2O5S. The molecule has 0 aliphatic heterocycles. The summed E-state index contributed by atoms with van der Waals surface area (Å²) in [6.07, 6.45) is 1.14. The van der Waals surface area contributed by atoms with Crippen LogP contribution in [0.5, 0.6) is 11.5 Å². The zero-order valence-electron chi connectivity index (χ0n) is 15.7. The molecule has 1 heterocycles. The summed E-state index contributed by atoms with van der Waals surface area (Å²) in [5, 5.41) is 0.476. The minimum atomic E-state index is -3.40. The van der Waals surface area contributed by atoms with Gasteiger partial charge < -0.3 is 14.5 Å². The number of imidazole rings is 1. The lowest BCUT2D eigenvalue weighted by Crippen LogP contribution is -2.28. The Labute approximate surface area is 167 Å². The number of ether oxygens (including phenoxy) is 2. The van der Waals surface area contributed by atoms with Crippen molar-refractivity contribution in [2.75, 3.05) is 25.7 Å². The highest BCUT2D eigenvalue weighted by atomic mass is 35.5. The Morgan fingerprint density at radius 1 is 1.18 bits per heavy atom. The molecule has 3 rings (SSSR count). The predicted octanol–water partition coefficient (Wildman–Crippen LogP) is 3.02. The van der Waals surface area contributed by atoms with Gasteiger partial charge in [-0.2, -0.15) is 0 Å².